The molecule has 3 rings (SSSR count). The maximum atomic E-state index is 13.3. The number of rotatable bonds is 1. The van der Waals surface area contributed by atoms with Crippen LogP contribution in [0.25, 0.3) is 0 Å². The molecule has 0 saturated heterocycles. The van der Waals surface area contributed by atoms with Gasteiger partial charge >= 0.3 is 0 Å². The molecule has 1 heterocycles. The third-order valence-corrected chi connectivity index (χ3v) is 4.64. The van der Waals surface area contributed by atoms with E-state index in [1.165, 1.54) is 37.8 Å². The van der Waals surface area contributed by atoms with Crippen molar-refractivity contribution in [3.8, 4) is 5.75 Å². The van der Waals surface area contributed by atoms with E-state index in [4.69, 9.17) is 10.5 Å². The molecular formula is C16H22FNO. The van der Waals surface area contributed by atoms with Crippen LogP contribution in [-0.2, 0) is 0 Å². The van der Waals surface area contributed by atoms with Crippen molar-refractivity contribution >= 4 is 0 Å². The van der Waals surface area contributed by atoms with Crippen molar-refractivity contribution in [3.63, 3.8) is 0 Å². The van der Waals surface area contributed by atoms with E-state index >= 15 is 0 Å². The number of hydrogen-bond donors (Lipinski definition) is 1. The minimum Gasteiger partial charge on any atom is -0.490 e. The van der Waals surface area contributed by atoms with Crippen molar-refractivity contribution in [2.24, 2.45) is 17.6 Å². The van der Waals surface area contributed by atoms with Crippen LogP contribution in [0.1, 0.15) is 50.6 Å². The molecule has 1 fully saturated rings. The van der Waals surface area contributed by atoms with E-state index in [0.717, 1.165) is 23.7 Å². The van der Waals surface area contributed by atoms with Gasteiger partial charge in [-0.15, -0.1) is 0 Å². The van der Waals surface area contributed by atoms with Gasteiger partial charge in [0.2, 0.25) is 0 Å². The van der Waals surface area contributed by atoms with Crippen LogP contribution in [0.5, 0.6) is 5.75 Å². The first-order valence-corrected chi connectivity index (χ1v) is 7.35. The van der Waals surface area contributed by atoms with Crippen molar-refractivity contribution in [2.75, 3.05) is 0 Å². The highest BCUT2D eigenvalue weighted by Crippen LogP contribution is 2.40. The number of hydrogen-bond acceptors (Lipinski definition) is 2. The molecule has 0 amide bonds. The predicted molar refractivity (Wildman–Crippen MR) is 73.5 cm³/mol. The van der Waals surface area contributed by atoms with Gasteiger partial charge < -0.3 is 10.5 Å². The zero-order valence-corrected chi connectivity index (χ0v) is 11.4. The summed E-state index contributed by atoms with van der Waals surface area (Å²) in [5.41, 5.74) is 7.02. The second-order valence-corrected chi connectivity index (χ2v) is 6.21. The fourth-order valence-corrected chi connectivity index (χ4v) is 3.61. The maximum absolute atomic E-state index is 13.3. The van der Waals surface area contributed by atoms with Crippen LogP contribution in [0, 0.1) is 17.7 Å². The summed E-state index contributed by atoms with van der Waals surface area (Å²) >= 11 is 0. The fraction of sp³-hybridized carbons (Fsp3) is 0.625. The molecule has 1 saturated carbocycles. The summed E-state index contributed by atoms with van der Waals surface area (Å²) in [5.74, 6) is 1.94. The van der Waals surface area contributed by atoms with E-state index < -0.39 is 0 Å². The van der Waals surface area contributed by atoms with Gasteiger partial charge in [0.05, 0.1) is 0 Å². The van der Waals surface area contributed by atoms with Gasteiger partial charge in [-0.1, -0.05) is 19.8 Å². The standard InChI is InChI=1S/C16H22FNO/c1-10-3-2-4-11(7-10)16-9-14(18)13-8-12(17)5-6-15(13)19-16/h5-6,8,10-11,14,16H,2-4,7,9,18H2,1H3. The summed E-state index contributed by atoms with van der Waals surface area (Å²) in [7, 11) is 0. The molecule has 0 radical (unpaired) electrons. The Morgan fingerprint density at radius 1 is 1.26 bits per heavy atom. The molecule has 2 aliphatic rings. The molecule has 104 valence electrons. The SMILES string of the molecule is CC1CCCC(C2CC(N)c3cc(F)ccc3O2)C1. The molecule has 0 aromatic heterocycles. The molecule has 0 bridgehead atoms. The number of fused-ring (bicyclic) bond motifs is 1. The molecule has 1 aliphatic carbocycles. The molecule has 19 heavy (non-hydrogen) atoms. The number of halogens is 1. The Hall–Kier alpha value is -1.09. The van der Waals surface area contributed by atoms with E-state index in [1.807, 2.05) is 0 Å². The molecule has 1 aromatic carbocycles. The first-order valence-electron chi connectivity index (χ1n) is 7.35. The lowest BCUT2D eigenvalue weighted by atomic mass is 9.77. The van der Waals surface area contributed by atoms with Crippen molar-refractivity contribution in [3.05, 3.63) is 29.6 Å². The lowest BCUT2D eigenvalue weighted by Gasteiger charge is -2.38. The Kier molecular flexibility index (Phi) is 3.48. The van der Waals surface area contributed by atoms with Gasteiger partial charge in [0.25, 0.3) is 0 Å². The normalized spacial score (nSPS) is 34.5. The molecular weight excluding hydrogens is 241 g/mol. The largest absolute Gasteiger partial charge is 0.490 e. The van der Waals surface area contributed by atoms with E-state index in [0.29, 0.717) is 5.92 Å². The van der Waals surface area contributed by atoms with Crippen molar-refractivity contribution < 1.29 is 9.13 Å². The first-order chi connectivity index (χ1) is 9.13. The van der Waals surface area contributed by atoms with Gasteiger partial charge in [0.15, 0.2) is 0 Å². The van der Waals surface area contributed by atoms with Crippen LogP contribution >= 0.6 is 0 Å². The molecule has 3 heteroatoms. The maximum Gasteiger partial charge on any atom is 0.124 e. The summed E-state index contributed by atoms with van der Waals surface area (Å²) in [4.78, 5) is 0. The third kappa shape index (κ3) is 2.62. The smallest absolute Gasteiger partial charge is 0.124 e. The second kappa shape index (κ2) is 5.12. The Morgan fingerprint density at radius 3 is 2.89 bits per heavy atom. The molecule has 4 unspecified atom stereocenters. The monoisotopic (exact) mass is 263 g/mol. The zero-order valence-electron chi connectivity index (χ0n) is 11.4. The van der Waals surface area contributed by atoms with Gasteiger partial charge in [0, 0.05) is 18.0 Å². The van der Waals surface area contributed by atoms with Crippen LogP contribution in [0.3, 0.4) is 0 Å². The summed E-state index contributed by atoms with van der Waals surface area (Å²) in [6.45, 7) is 2.32. The summed E-state index contributed by atoms with van der Waals surface area (Å²) in [5, 5.41) is 0. The minimum absolute atomic E-state index is 0.0957. The van der Waals surface area contributed by atoms with Gasteiger partial charge in [-0.2, -0.15) is 0 Å². The Balaban J connectivity index is 1.79. The predicted octanol–water partition coefficient (Wildman–Crippen LogP) is 3.80. The van der Waals surface area contributed by atoms with E-state index in [-0.39, 0.29) is 18.0 Å². The Labute approximate surface area is 114 Å². The van der Waals surface area contributed by atoms with Crippen LogP contribution in [-0.4, -0.2) is 6.10 Å². The molecule has 2 N–H and O–H groups in total. The zero-order chi connectivity index (χ0) is 13.4. The van der Waals surface area contributed by atoms with Crippen LogP contribution in [0.4, 0.5) is 4.39 Å². The average Bonchev–Trinajstić information content (AvgIpc) is 2.39. The van der Waals surface area contributed by atoms with Crippen LogP contribution in [0.2, 0.25) is 0 Å². The number of nitrogens with two attached hydrogens (primary N) is 1. The molecule has 1 aromatic rings. The lowest BCUT2D eigenvalue weighted by molar-refractivity contribution is 0.0664. The Morgan fingerprint density at radius 2 is 2.11 bits per heavy atom. The highest BCUT2D eigenvalue weighted by atomic mass is 19.1. The topological polar surface area (TPSA) is 35.2 Å². The van der Waals surface area contributed by atoms with Crippen molar-refractivity contribution in [1.29, 1.82) is 0 Å². The molecule has 1 aliphatic heterocycles. The van der Waals surface area contributed by atoms with Gasteiger partial charge in [-0.3, -0.25) is 0 Å². The van der Waals surface area contributed by atoms with E-state index in [1.54, 1.807) is 6.07 Å². The fourth-order valence-electron chi connectivity index (χ4n) is 3.61. The van der Waals surface area contributed by atoms with Crippen molar-refractivity contribution in [2.45, 2.75) is 51.2 Å². The molecule has 0 spiro atoms. The van der Waals surface area contributed by atoms with Crippen LogP contribution < -0.4 is 10.5 Å². The first kappa shape index (κ1) is 12.9. The van der Waals surface area contributed by atoms with Gasteiger partial charge in [0.1, 0.15) is 17.7 Å². The summed E-state index contributed by atoms with van der Waals surface area (Å²) < 4.78 is 19.4. The van der Waals surface area contributed by atoms with Crippen LogP contribution in [0.15, 0.2) is 18.2 Å². The van der Waals surface area contributed by atoms with Gasteiger partial charge in [-0.05, 0) is 42.9 Å². The number of ether oxygens (including phenoxy) is 1. The summed E-state index contributed by atoms with van der Waals surface area (Å²) in [6, 6.07) is 4.60. The highest BCUT2D eigenvalue weighted by molar-refractivity contribution is 5.38. The number of benzene rings is 1. The second-order valence-electron chi connectivity index (χ2n) is 6.21. The molecule has 4 atom stereocenters. The van der Waals surface area contributed by atoms with Crippen molar-refractivity contribution in [1.82, 2.24) is 0 Å². The minimum atomic E-state index is -0.234. The Bertz CT molecular complexity index is 462. The third-order valence-electron chi connectivity index (χ3n) is 4.64. The quantitative estimate of drug-likeness (QED) is 0.836. The molecule has 2 nitrogen and oxygen atoms in total. The van der Waals surface area contributed by atoms with E-state index in [9.17, 15) is 4.39 Å². The van der Waals surface area contributed by atoms with Gasteiger partial charge in [-0.25, -0.2) is 4.39 Å². The lowest BCUT2D eigenvalue weighted by Crippen LogP contribution is -2.37. The highest BCUT2D eigenvalue weighted by Gasteiger charge is 2.34. The average molecular weight is 263 g/mol. The summed E-state index contributed by atoms with van der Waals surface area (Å²) in [6.07, 6.45) is 6.10. The van der Waals surface area contributed by atoms with E-state index in [2.05, 4.69) is 6.92 Å².